The number of carbonyl (C=O) groups excluding carboxylic acids is 1. The van der Waals surface area contributed by atoms with Crippen LogP contribution in [0.2, 0.25) is 0 Å². The topological polar surface area (TPSA) is 44.8 Å². The molecule has 166 valence electrons. The summed E-state index contributed by atoms with van der Waals surface area (Å²) < 4.78 is 5.00. The van der Waals surface area contributed by atoms with Crippen molar-refractivity contribution in [2.45, 2.75) is 50.8 Å². The largest absolute Gasteiger partial charge is 0.450 e. The van der Waals surface area contributed by atoms with Gasteiger partial charge in [-0.05, 0) is 50.1 Å². The molecule has 1 aliphatic heterocycles. The molecule has 1 fully saturated rings. The van der Waals surface area contributed by atoms with Gasteiger partial charge in [-0.2, -0.15) is 0 Å². The highest BCUT2D eigenvalue weighted by molar-refractivity contribution is 7.99. The zero-order valence-electron chi connectivity index (χ0n) is 18.0. The Kier molecular flexibility index (Phi) is 14.0. The average molecular weight is 444 g/mol. The molecule has 7 heteroatoms. The molecule has 1 saturated heterocycles. The number of piperazine rings is 1. The fourth-order valence-electron chi connectivity index (χ4n) is 3.34. The maximum Gasteiger partial charge on any atom is 0.407 e. The number of hydrogen-bond acceptors (Lipinski definition) is 5. The Morgan fingerprint density at radius 3 is 2.55 bits per heavy atom. The molecule has 1 amide bonds. The fourth-order valence-corrected chi connectivity index (χ4v) is 4.28. The Bertz CT molecular complexity index is 569. The molecule has 1 aromatic rings. The van der Waals surface area contributed by atoms with Crippen molar-refractivity contribution in [2.24, 2.45) is 0 Å². The average Bonchev–Trinajstić information content (AvgIpc) is 2.74. The first-order chi connectivity index (χ1) is 13.7. The van der Waals surface area contributed by atoms with E-state index < -0.39 is 0 Å². The monoisotopic (exact) mass is 443 g/mol. The SMILES string of the molecule is CCCOC(=O)NCCCCCN1CCN(c2ccccc2SCCC)CC1.Cl. The van der Waals surface area contributed by atoms with Gasteiger partial charge in [-0.15, -0.1) is 24.2 Å². The summed E-state index contributed by atoms with van der Waals surface area (Å²) in [6, 6.07) is 8.83. The third-order valence-electron chi connectivity index (χ3n) is 4.90. The number of amides is 1. The van der Waals surface area contributed by atoms with E-state index in [4.69, 9.17) is 4.74 Å². The Balaban J connectivity index is 0.00000420. The highest BCUT2D eigenvalue weighted by Crippen LogP contribution is 2.31. The van der Waals surface area contributed by atoms with Gasteiger partial charge in [0, 0.05) is 37.6 Å². The third-order valence-corrected chi connectivity index (χ3v) is 6.17. The number of hydrogen-bond donors (Lipinski definition) is 1. The molecular formula is C22H38ClN3O2S. The van der Waals surface area contributed by atoms with Crippen LogP contribution in [-0.2, 0) is 4.74 Å². The number of ether oxygens (including phenoxy) is 1. The quantitative estimate of drug-likeness (QED) is 0.362. The smallest absolute Gasteiger partial charge is 0.407 e. The maximum atomic E-state index is 11.4. The molecule has 1 aromatic carbocycles. The zero-order chi connectivity index (χ0) is 20.0. The molecule has 1 heterocycles. The van der Waals surface area contributed by atoms with E-state index in [0.717, 1.165) is 52.0 Å². The van der Waals surface area contributed by atoms with Gasteiger partial charge in [-0.3, -0.25) is 4.90 Å². The molecule has 0 radical (unpaired) electrons. The second kappa shape index (κ2) is 15.7. The summed E-state index contributed by atoms with van der Waals surface area (Å²) in [5.41, 5.74) is 1.40. The highest BCUT2D eigenvalue weighted by Gasteiger charge is 2.18. The van der Waals surface area contributed by atoms with Crippen LogP contribution < -0.4 is 10.2 Å². The van der Waals surface area contributed by atoms with Crippen LogP contribution in [0.25, 0.3) is 0 Å². The number of nitrogens with zero attached hydrogens (tertiary/aromatic N) is 2. The van der Waals surface area contributed by atoms with Crippen molar-refractivity contribution in [1.29, 1.82) is 0 Å². The van der Waals surface area contributed by atoms with Gasteiger partial charge < -0.3 is 15.0 Å². The van der Waals surface area contributed by atoms with Gasteiger partial charge >= 0.3 is 6.09 Å². The molecule has 0 spiro atoms. The Morgan fingerprint density at radius 2 is 1.83 bits per heavy atom. The number of alkyl carbamates (subject to hydrolysis) is 1. The van der Waals surface area contributed by atoms with Gasteiger partial charge in [0.25, 0.3) is 0 Å². The van der Waals surface area contributed by atoms with Crippen molar-refractivity contribution >= 4 is 35.9 Å². The predicted molar refractivity (Wildman–Crippen MR) is 127 cm³/mol. The van der Waals surface area contributed by atoms with Gasteiger partial charge in [-0.1, -0.05) is 32.4 Å². The lowest BCUT2D eigenvalue weighted by Gasteiger charge is -2.37. The fraction of sp³-hybridized carbons (Fsp3) is 0.682. The van der Waals surface area contributed by atoms with E-state index in [0.29, 0.717) is 13.2 Å². The van der Waals surface area contributed by atoms with Gasteiger partial charge in [0.2, 0.25) is 0 Å². The summed E-state index contributed by atoms with van der Waals surface area (Å²) in [6.07, 6.45) is 5.14. The highest BCUT2D eigenvalue weighted by atomic mass is 35.5. The van der Waals surface area contributed by atoms with Crippen LogP contribution in [0.4, 0.5) is 10.5 Å². The van der Waals surface area contributed by atoms with E-state index in [1.54, 1.807) is 0 Å². The number of rotatable bonds is 12. The number of carbonyl (C=O) groups is 1. The summed E-state index contributed by atoms with van der Waals surface area (Å²) in [5, 5.41) is 2.82. The lowest BCUT2D eigenvalue weighted by atomic mass is 10.2. The lowest BCUT2D eigenvalue weighted by Crippen LogP contribution is -2.46. The van der Waals surface area contributed by atoms with E-state index in [9.17, 15) is 4.79 Å². The molecule has 0 bridgehead atoms. The molecule has 1 aliphatic rings. The van der Waals surface area contributed by atoms with Gasteiger partial charge in [0.05, 0.1) is 12.3 Å². The maximum absolute atomic E-state index is 11.4. The molecule has 29 heavy (non-hydrogen) atoms. The van der Waals surface area contributed by atoms with E-state index in [-0.39, 0.29) is 18.5 Å². The van der Waals surface area contributed by atoms with Crippen LogP contribution in [0.3, 0.4) is 0 Å². The van der Waals surface area contributed by atoms with Crippen molar-refractivity contribution in [3.8, 4) is 0 Å². The molecule has 5 nitrogen and oxygen atoms in total. The number of unbranched alkanes of at least 4 members (excludes halogenated alkanes) is 2. The predicted octanol–water partition coefficient (Wildman–Crippen LogP) is 5.04. The summed E-state index contributed by atoms with van der Waals surface area (Å²) in [5.74, 6) is 1.18. The number of anilines is 1. The molecule has 0 unspecified atom stereocenters. The molecule has 0 saturated carbocycles. The van der Waals surface area contributed by atoms with Crippen LogP contribution in [0.1, 0.15) is 46.0 Å². The minimum atomic E-state index is -0.282. The van der Waals surface area contributed by atoms with Crippen molar-refractivity contribution in [2.75, 3.05) is 56.5 Å². The van der Waals surface area contributed by atoms with Crippen molar-refractivity contribution in [3.63, 3.8) is 0 Å². The minimum Gasteiger partial charge on any atom is -0.450 e. The number of benzene rings is 1. The van der Waals surface area contributed by atoms with E-state index in [2.05, 4.69) is 46.3 Å². The molecule has 0 atom stereocenters. The van der Waals surface area contributed by atoms with Crippen LogP contribution in [0.15, 0.2) is 29.2 Å². The first-order valence-corrected chi connectivity index (χ1v) is 11.8. The third kappa shape index (κ3) is 9.96. The van der Waals surface area contributed by atoms with Gasteiger partial charge in [0.1, 0.15) is 0 Å². The van der Waals surface area contributed by atoms with Crippen molar-refractivity contribution in [1.82, 2.24) is 10.2 Å². The van der Waals surface area contributed by atoms with Gasteiger partial charge in [0.15, 0.2) is 0 Å². The summed E-state index contributed by atoms with van der Waals surface area (Å²) in [4.78, 5) is 17.9. The van der Waals surface area contributed by atoms with Crippen LogP contribution in [0, 0.1) is 0 Å². The summed E-state index contributed by atoms with van der Waals surface area (Å²) in [6.45, 7) is 11.1. The second-order valence-corrected chi connectivity index (χ2v) is 8.40. The Hall–Kier alpha value is -1.11. The number of thioether (sulfide) groups is 1. The summed E-state index contributed by atoms with van der Waals surface area (Å²) in [7, 11) is 0. The number of para-hydroxylation sites is 1. The zero-order valence-corrected chi connectivity index (χ0v) is 19.7. The number of halogens is 1. The normalized spacial score (nSPS) is 14.3. The molecule has 2 rings (SSSR count). The Labute approximate surface area is 187 Å². The standard InChI is InChI=1S/C22H37N3O2S.ClH/c1-3-18-27-22(26)23-12-8-5-9-13-24-14-16-25(17-15-24)20-10-6-7-11-21(20)28-19-4-2;/h6-7,10-11H,3-5,8-9,12-19H2,1-2H3,(H,23,26);1H. The first-order valence-electron chi connectivity index (χ1n) is 10.8. The van der Waals surface area contributed by atoms with E-state index in [1.165, 1.54) is 29.2 Å². The van der Waals surface area contributed by atoms with Gasteiger partial charge in [-0.25, -0.2) is 4.79 Å². The van der Waals surface area contributed by atoms with Crippen molar-refractivity contribution < 1.29 is 9.53 Å². The number of nitrogens with one attached hydrogen (secondary N) is 1. The second-order valence-electron chi connectivity index (χ2n) is 7.27. The molecule has 0 aliphatic carbocycles. The van der Waals surface area contributed by atoms with Crippen molar-refractivity contribution in [3.05, 3.63) is 24.3 Å². The molecule has 0 aromatic heterocycles. The Morgan fingerprint density at radius 1 is 1.07 bits per heavy atom. The van der Waals surface area contributed by atoms with Crippen LogP contribution in [-0.4, -0.2) is 62.6 Å². The molecular weight excluding hydrogens is 406 g/mol. The van der Waals surface area contributed by atoms with E-state index >= 15 is 0 Å². The van der Waals surface area contributed by atoms with Crippen LogP contribution >= 0.6 is 24.2 Å². The minimum absolute atomic E-state index is 0. The van der Waals surface area contributed by atoms with Crippen LogP contribution in [0.5, 0.6) is 0 Å². The molecule has 1 N–H and O–H groups in total. The lowest BCUT2D eigenvalue weighted by molar-refractivity contribution is 0.146. The first kappa shape index (κ1) is 25.9. The summed E-state index contributed by atoms with van der Waals surface area (Å²) >= 11 is 1.98. The van der Waals surface area contributed by atoms with E-state index in [1.807, 2.05) is 18.7 Å².